The van der Waals surface area contributed by atoms with Crippen molar-refractivity contribution in [3.8, 4) is 0 Å². The zero-order chi connectivity index (χ0) is 11.8. The maximum absolute atomic E-state index is 10.7. The fourth-order valence-corrected chi connectivity index (χ4v) is 1.81. The Bertz CT molecular complexity index is 618. The van der Waals surface area contributed by atoms with Gasteiger partial charge in [-0.3, -0.25) is 8.86 Å². The number of benzene rings is 1. The van der Waals surface area contributed by atoms with Gasteiger partial charge in [0.15, 0.2) is 0 Å². The Labute approximate surface area is 92.9 Å². The third kappa shape index (κ3) is 2.21. The minimum absolute atomic E-state index is 0.153. The van der Waals surface area contributed by atoms with Crippen LogP contribution in [0.5, 0.6) is 0 Å². The van der Waals surface area contributed by atoms with Crippen LogP contribution in [-0.4, -0.2) is 18.2 Å². The standard InChI is InChI=1S/C9H11N3O3S/c1-12-9-5-3-2-4-7(9)8(11-12)6-15-16(10,13)14/h2-5H,6H2,1H3,(H2,10,13,14). The number of fused-ring (bicyclic) bond motifs is 1. The van der Waals surface area contributed by atoms with Gasteiger partial charge in [-0.2, -0.15) is 13.5 Å². The predicted octanol–water partition coefficient (Wildman–Crippen LogP) is 0.293. The first-order chi connectivity index (χ1) is 7.47. The third-order valence-corrected chi connectivity index (χ3v) is 2.64. The number of para-hydroxylation sites is 1. The summed E-state index contributed by atoms with van der Waals surface area (Å²) in [7, 11) is -2.15. The van der Waals surface area contributed by atoms with E-state index in [0.717, 1.165) is 10.9 Å². The van der Waals surface area contributed by atoms with E-state index >= 15 is 0 Å². The molecule has 16 heavy (non-hydrogen) atoms. The van der Waals surface area contributed by atoms with Crippen LogP contribution in [0.15, 0.2) is 24.3 Å². The van der Waals surface area contributed by atoms with Crippen LogP contribution in [-0.2, 0) is 28.1 Å². The molecule has 0 aliphatic rings. The van der Waals surface area contributed by atoms with E-state index in [1.807, 2.05) is 24.3 Å². The average molecular weight is 241 g/mol. The number of nitrogens with two attached hydrogens (primary N) is 1. The lowest BCUT2D eigenvalue weighted by Crippen LogP contribution is -2.15. The molecule has 0 aliphatic carbocycles. The van der Waals surface area contributed by atoms with Crippen LogP contribution < -0.4 is 5.14 Å². The first-order valence-electron chi connectivity index (χ1n) is 4.55. The molecule has 1 aromatic carbocycles. The quantitative estimate of drug-likeness (QED) is 0.836. The van der Waals surface area contributed by atoms with E-state index in [0.29, 0.717) is 5.69 Å². The highest BCUT2D eigenvalue weighted by atomic mass is 32.2. The molecular formula is C9H11N3O3S. The van der Waals surface area contributed by atoms with Crippen molar-refractivity contribution in [1.82, 2.24) is 9.78 Å². The van der Waals surface area contributed by atoms with Crippen molar-refractivity contribution in [1.29, 1.82) is 0 Å². The molecule has 0 aliphatic heterocycles. The summed E-state index contributed by atoms with van der Waals surface area (Å²) in [4.78, 5) is 0. The molecule has 86 valence electrons. The van der Waals surface area contributed by atoms with Gasteiger partial charge in [0, 0.05) is 12.4 Å². The lowest BCUT2D eigenvalue weighted by molar-refractivity contribution is 0.304. The number of rotatable bonds is 3. The Kier molecular flexibility index (Phi) is 2.66. The molecule has 0 amide bonds. The molecule has 0 unspecified atom stereocenters. The molecule has 1 heterocycles. The van der Waals surface area contributed by atoms with Crippen molar-refractivity contribution in [2.45, 2.75) is 6.61 Å². The zero-order valence-corrected chi connectivity index (χ0v) is 9.44. The number of hydrogen-bond donors (Lipinski definition) is 1. The third-order valence-electron chi connectivity index (χ3n) is 2.19. The second kappa shape index (κ2) is 3.85. The van der Waals surface area contributed by atoms with Gasteiger partial charge in [0.1, 0.15) is 6.61 Å². The minimum Gasteiger partial charge on any atom is -0.268 e. The van der Waals surface area contributed by atoms with Gasteiger partial charge in [-0.25, -0.2) is 5.14 Å². The predicted molar refractivity (Wildman–Crippen MR) is 58.6 cm³/mol. The lowest BCUT2D eigenvalue weighted by Gasteiger charge is -1.97. The number of hydrogen-bond acceptors (Lipinski definition) is 4. The maximum atomic E-state index is 10.7. The molecule has 2 rings (SSSR count). The summed E-state index contributed by atoms with van der Waals surface area (Å²) < 4.78 is 27.5. The molecule has 6 nitrogen and oxygen atoms in total. The van der Waals surface area contributed by atoms with Gasteiger partial charge >= 0.3 is 10.3 Å². The Morgan fingerprint density at radius 3 is 2.81 bits per heavy atom. The second-order valence-corrected chi connectivity index (χ2v) is 4.56. The van der Waals surface area contributed by atoms with E-state index in [2.05, 4.69) is 9.28 Å². The summed E-state index contributed by atoms with van der Waals surface area (Å²) in [6.07, 6.45) is 0. The number of nitrogens with zero attached hydrogens (tertiary/aromatic N) is 2. The van der Waals surface area contributed by atoms with Crippen LogP contribution in [0.2, 0.25) is 0 Å². The van der Waals surface area contributed by atoms with Crippen molar-refractivity contribution >= 4 is 21.2 Å². The van der Waals surface area contributed by atoms with Crippen LogP contribution >= 0.6 is 0 Å². The Morgan fingerprint density at radius 1 is 1.44 bits per heavy atom. The van der Waals surface area contributed by atoms with E-state index in [9.17, 15) is 8.42 Å². The van der Waals surface area contributed by atoms with Crippen molar-refractivity contribution in [2.24, 2.45) is 12.2 Å². The molecule has 0 atom stereocenters. The maximum Gasteiger partial charge on any atom is 0.333 e. The zero-order valence-electron chi connectivity index (χ0n) is 8.62. The molecule has 2 aromatic rings. The van der Waals surface area contributed by atoms with Gasteiger partial charge in [0.05, 0.1) is 11.2 Å². The van der Waals surface area contributed by atoms with Crippen molar-refractivity contribution in [3.63, 3.8) is 0 Å². The minimum atomic E-state index is -3.93. The molecule has 0 fully saturated rings. The Morgan fingerprint density at radius 2 is 2.12 bits per heavy atom. The highest BCUT2D eigenvalue weighted by molar-refractivity contribution is 7.84. The summed E-state index contributed by atoms with van der Waals surface area (Å²) in [6.45, 7) is -0.153. The summed E-state index contributed by atoms with van der Waals surface area (Å²) in [6, 6.07) is 7.48. The van der Waals surface area contributed by atoms with E-state index in [-0.39, 0.29) is 6.61 Å². The van der Waals surface area contributed by atoms with Gasteiger partial charge in [-0.15, -0.1) is 0 Å². The van der Waals surface area contributed by atoms with Crippen LogP contribution in [0, 0.1) is 0 Å². The molecule has 0 bridgehead atoms. The first-order valence-corrected chi connectivity index (χ1v) is 6.02. The summed E-state index contributed by atoms with van der Waals surface area (Å²) in [5.74, 6) is 0. The smallest absolute Gasteiger partial charge is 0.268 e. The fourth-order valence-electron chi connectivity index (χ4n) is 1.53. The van der Waals surface area contributed by atoms with Crippen LogP contribution in [0.4, 0.5) is 0 Å². The van der Waals surface area contributed by atoms with E-state index in [1.165, 1.54) is 0 Å². The number of aromatic nitrogens is 2. The van der Waals surface area contributed by atoms with Gasteiger partial charge in [0.25, 0.3) is 0 Å². The van der Waals surface area contributed by atoms with Gasteiger partial charge in [-0.1, -0.05) is 18.2 Å². The van der Waals surface area contributed by atoms with Crippen molar-refractivity contribution < 1.29 is 12.6 Å². The average Bonchev–Trinajstić information content (AvgIpc) is 2.53. The largest absolute Gasteiger partial charge is 0.333 e. The van der Waals surface area contributed by atoms with E-state index < -0.39 is 10.3 Å². The fraction of sp³-hybridized carbons (Fsp3) is 0.222. The molecule has 0 spiro atoms. The Hall–Kier alpha value is -1.44. The van der Waals surface area contributed by atoms with Crippen LogP contribution in [0.25, 0.3) is 10.9 Å². The van der Waals surface area contributed by atoms with Crippen molar-refractivity contribution in [2.75, 3.05) is 0 Å². The van der Waals surface area contributed by atoms with Crippen molar-refractivity contribution in [3.05, 3.63) is 30.0 Å². The summed E-state index contributed by atoms with van der Waals surface area (Å²) in [5, 5.41) is 9.77. The van der Waals surface area contributed by atoms with Gasteiger partial charge in [-0.05, 0) is 6.07 Å². The van der Waals surface area contributed by atoms with Crippen LogP contribution in [0.3, 0.4) is 0 Å². The topological polar surface area (TPSA) is 87.2 Å². The lowest BCUT2D eigenvalue weighted by atomic mass is 10.2. The molecule has 2 N–H and O–H groups in total. The first kappa shape index (κ1) is 11.1. The SMILES string of the molecule is Cn1nc(COS(N)(=O)=O)c2ccccc21. The molecule has 0 saturated carbocycles. The molecule has 0 radical (unpaired) electrons. The van der Waals surface area contributed by atoms with E-state index in [1.54, 1.807) is 11.7 Å². The monoisotopic (exact) mass is 241 g/mol. The normalized spacial score (nSPS) is 12.1. The molecule has 7 heteroatoms. The second-order valence-electron chi connectivity index (χ2n) is 3.34. The Balaban J connectivity index is 2.38. The summed E-state index contributed by atoms with van der Waals surface area (Å²) >= 11 is 0. The van der Waals surface area contributed by atoms with E-state index in [4.69, 9.17) is 5.14 Å². The van der Waals surface area contributed by atoms with Crippen LogP contribution in [0.1, 0.15) is 5.69 Å². The molecule has 1 aromatic heterocycles. The molecule has 0 saturated heterocycles. The van der Waals surface area contributed by atoms with Gasteiger partial charge in [0.2, 0.25) is 0 Å². The van der Waals surface area contributed by atoms with Gasteiger partial charge < -0.3 is 0 Å². The molecular weight excluding hydrogens is 230 g/mol. The number of aryl methyl sites for hydroxylation is 1. The highest BCUT2D eigenvalue weighted by Crippen LogP contribution is 2.18. The summed E-state index contributed by atoms with van der Waals surface area (Å²) in [5.41, 5.74) is 1.46. The highest BCUT2D eigenvalue weighted by Gasteiger charge is 2.10.